The van der Waals surface area contributed by atoms with Gasteiger partial charge < -0.3 is 4.74 Å². The van der Waals surface area contributed by atoms with Crippen LogP contribution >= 0.6 is 0 Å². The molecule has 1 rings (SSSR count). The molecule has 0 amide bonds. The van der Waals surface area contributed by atoms with E-state index in [1.54, 1.807) is 7.11 Å². The van der Waals surface area contributed by atoms with Crippen LogP contribution in [0, 0.1) is 0 Å². The van der Waals surface area contributed by atoms with Gasteiger partial charge in [0.15, 0.2) is 0 Å². The summed E-state index contributed by atoms with van der Waals surface area (Å²) in [4.78, 5) is 0. The molecule has 0 aliphatic heterocycles. The molecule has 0 saturated heterocycles. The summed E-state index contributed by atoms with van der Waals surface area (Å²) < 4.78 is 5.11. The van der Waals surface area contributed by atoms with Gasteiger partial charge in [0.1, 0.15) is 0 Å². The van der Waals surface area contributed by atoms with Crippen LogP contribution in [0.2, 0.25) is 0 Å². The van der Waals surface area contributed by atoms with Crippen LogP contribution in [0.15, 0.2) is 0 Å². The first-order valence-corrected chi connectivity index (χ1v) is 5.37. The summed E-state index contributed by atoms with van der Waals surface area (Å²) in [7, 11) is 1.80. The van der Waals surface area contributed by atoms with Gasteiger partial charge in [-0.1, -0.05) is 54.4 Å². The minimum Gasteiger partial charge on any atom is -0.381 e. The molecular formula is C12H30O. The molecule has 0 aromatic carbocycles. The van der Waals surface area contributed by atoms with E-state index in [4.69, 9.17) is 4.74 Å². The average molecular weight is 190 g/mol. The normalized spacial score (nSPS) is 14.5. The third-order valence-corrected chi connectivity index (χ3v) is 1.64. The highest BCUT2D eigenvalue weighted by molar-refractivity contribution is 4.65. The zero-order valence-electron chi connectivity index (χ0n) is 9.52. The van der Waals surface area contributed by atoms with Crippen LogP contribution in [-0.2, 0) is 4.74 Å². The summed E-state index contributed by atoms with van der Waals surface area (Å²) in [6.07, 6.45) is 7.17. The fraction of sp³-hybridized carbons (Fsp3) is 1.00. The third-order valence-electron chi connectivity index (χ3n) is 1.64. The predicted molar refractivity (Wildman–Crippen MR) is 63.3 cm³/mol. The lowest BCUT2D eigenvalue weighted by atomic mass is 10.3. The zero-order valence-corrected chi connectivity index (χ0v) is 9.52. The molecule has 1 saturated carbocycles. The summed E-state index contributed by atoms with van der Waals surface area (Å²) in [6, 6.07) is 0. The molecule has 1 fully saturated rings. The minimum absolute atomic E-state index is 0. The van der Waals surface area contributed by atoms with Gasteiger partial charge in [0.25, 0.3) is 0 Å². The first kappa shape index (κ1) is 18.7. The fourth-order valence-electron chi connectivity index (χ4n) is 1.12. The first-order chi connectivity index (χ1) is 5.85. The molecule has 1 aliphatic carbocycles. The van der Waals surface area contributed by atoms with Crippen LogP contribution in [-0.4, -0.2) is 13.2 Å². The smallest absolute Gasteiger partial charge is 0.0571 e. The van der Waals surface area contributed by atoms with Gasteiger partial charge in [-0.15, -0.1) is 0 Å². The van der Waals surface area contributed by atoms with E-state index in [0.29, 0.717) is 6.10 Å². The molecule has 0 unspecified atom stereocenters. The molecule has 0 bridgehead atoms. The van der Waals surface area contributed by atoms with Gasteiger partial charge in [-0.3, -0.25) is 0 Å². The Kier molecular flexibility index (Phi) is 25.7. The number of ether oxygens (including phenoxy) is 1. The van der Waals surface area contributed by atoms with Crippen molar-refractivity contribution in [3.05, 3.63) is 0 Å². The largest absolute Gasteiger partial charge is 0.381 e. The van der Waals surface area contributed by atoms with Crippen molar-refractivity contribution >= 4 is 0 Å². The van der Waals surface area contributed by atoms with Crippen molar-refractivity contribution in [1.29, 1.82) is 0 Å². The molecule has 0 atom stereocenters. The molecule has 0 aromatic rings. The Morgan fingerprint density at radius 2 is 1.38 bits per heavy atom. The average Bonchev–Trinajstić information content (AvgIpc) is 2.61. The topological polar surface area (TPSA) is 9.23 Å². The lowest BCUT2D eigenvalue weighted by Crippen LogP contribution is -2.01. The Morgan fingerprint density at radius 3 is 1.54 bits per heavy atom. The van der Waals surface area contributed by atoms with Gasteiger partial charge >= 0.3 is 0 Å². The minimum atomic E-state index is 0. The van der Waals surface area contributed by atoms with E-state index in [2.05, 4.69) is 13.8 Å². The Balaban J connectivity index is -0.000000146. The van der Waals surface area contributed by atoms with Crippen molar-refractivity contribution < 1.29 is 4.74 Å². The standard InChI is InChI=1S/C6H12O.C3H8.C2H6.CH4/c1-7-6-4-2-3-5-6;1-3-2;1-2;/h6H,2-5H2,1H3;3H2,1-2H3;1-2H3;1H4. The highest BCUT2D eigenvalue weighted by Crippen LogP contribution is 2.19. The van der Waals surface area contributed by atoms with Crippen LogP contribution in [0.3, 0.4) is 0 Å². The molecular weight excluding hydrogens is 160 g/mol. The predicted octanol–water partition coefficient (Wildman–Crippen LogP) is 4.65. The summed E-state index contributed by atoms with van der Waals surface area (Å²) in [5.41, 5.74) is 0. The van der Waals surface area contributed by atoms with Crippen molar-refractivity contribution in [3.63, 3.8) is 0 Å². The molecule has 0 spiro atoms. The molecule has 0 N–H and O–H groups in total. The molecule has 1 heteroatoms. The number of methoxy groups -OCH3 is 1. The van der Waals surface area contributed by atoms with Crippen LogP contribution in [0.1, 0.15) is 67.2 Å². The monoisotopic (exact) mass is 190 g/mol. The van der Waals surface area contributed by atoms with Crippen LogP contribution in [0.5, 0.6) is 0 Å². The molecule has 1 nitrogen and oxygen atoms in total. The van der Waals surface area contributed by atoms with Crippen LogP contribution in [0.4, 0.5) is 0 Å². The second-order valence-electron chi connectivity index (χ2n) is 2.85. The molecule has 13 heavy (non-hydrogen) atoms. The van der Waals surface area contributed by atoms with Gasteiger partial charge in [0.2, 0.25) is 0 Å². The number of rotatable bonds is 1. The Morgan fingerprint density at radius 1 is 1.08 bits per heavy atom. The maximum atomic E-state index is 5.11. The van der Waals surface area contributed by atoms with Gasteiger partial charge in [0.05, 0.1) is 6.10 Å². The summed E-state index contributed by atoms with van der Waals surface area (Å²) in [6.45, 7) is 8.25. The zero-order chi connectivity index (χ0) is 9.82. The van der Waals surface area contributed by atoms with Crippen molar-refractivity contribution in [1.82, 2.24) is 0 Å². The molecule has 0 aromatic heterocycles. The maximum absolute atomic E-state index is 5.11. The second kappa shape index (κ2) is 17.9. The van der Waals surface area contributed by atoms with Crippen molar-refractivity contribution in [2.45, 2.75) is 73.3 Å². The van der Waals surface area contributed by atoms with Gasteiger partial charge in [-0.25, -0.2) is 0 Å². The number of hydrogen-bond acceptors (Lipinski definition) is 1. The van der Waals surface area contributed by atoms with E-state index in [9.17, 15) is 0 Å². The van der Waals surface area contributed by atoms with E-state index in [1.807, 2.05) is 13.8 Å². The highest BCUT2D eigenvalue weighted by atomic mass is 16.5. The Hall–Kier alpha value is -0.0400. The van der Waals surface area contributed by atoms with Crippen LogP contribution < -0.4 is 0 Å². The van der Waals surface area contributed by atoms with Gasteiger partial charge in [0, 0.05) is 7.11 Å². The molecule has 0 heterocycles. The fourth-order valence-corrected chi connectivity index (χ4v) is 1.12. The molecule has 0 radical (unpaired) electrons. The Labute approximate surface area is 85.9 Å². The van der Waals surface area contributed by atoms with Gasteiger partial charge in [-0.2, -0.15) is 0 Å². The van der Waals surface area contributed by atoms with E-state index in [0.717, 1.165) is 0 Å². The quantitative estimate of drug-likeness (QED) is 0.584. The number of hydrogen-bond donors (Lipinski definition) is 0. The molecule has 84 valence electrons. The van der Waals surface area contributed by atoms with E-state index in [-0.39, 0.29) is 7.43 Å². The van der Waals surface area contributed by atoms with E-state index < -0.39 is 0 Å². The Bertz CT molecular complexity index is 56.1. The molecule has 1 aliphatic rings. The van der Waals surface area contributed by atoms with Crippen molar-refractivity contribution in [3.8, 4) is 0 Å². The first-order valence-electron chi connectivity index (χ1n) is 5.37. The van der Waals surface area contributed by atoms with Gasteiger partial charge in [-0.05, 0) is 12.8 Å². The van der Waals surface area contributed by atoms with Crippen molar-refractivity contribution in [2.24, 2.45) is 0 Å². The van der Waals surface area contributed by atoms with Crippen molar-refractivity contribution in [2.75, 3.05) is 7.11 Å². The third kappa shape index (κ3) is 14.8. The summed E-state index contributed by atoms with van der Waals surface area (Å²) in [5, 5.41) is 0. The lowest BCUT2D eigenvalue weighted by molar-refractivity contribution is 0.109. The lowest BCUT2D eigenvalue weighted by Gasteiger charge is -2.02. The maximum Gasteiger partial charge on any atom is 0.0571 e. The second-order valence-corrected chi connectivity index (χ2v) is 2.85. The highest BCUT2D eigenvalue weighted by Gasteiger charge is 2.12. The van der Waals surface area contributed by atoms with Crippen LogP contribution in [0.25, 0.3) is 0 Å². The van der Waals surface area contributed by atoms with E-state index in [1.165, 1.54) is 32.1 Å². The van der Waals surface area contributed by atoms with E-state index >= 15 is 0 Å². The summed E-state index contributed by atoms with van der Waals surface area (Å²) in [5.74, 6) is 0. The SMILES string of the molecule is C.CC.CCC.COC1CCCC1. The summed E-state index contributed by atoms with van der Waals surface area (Å²) >= 11 is 0.